The van der Waals surface area contributed by atoms with Crippen LogP contribution in [0.1, 0.15) is 25.3 Å². The van der Waals surface area contributed by atoms with E-state index >= 15 is 0 Å². The average molecular weight is 264 g/mol. The Hall–Kier alpha value is -1.00. The SMILES string of the molecule is CCCC1CN=C(Nc2cccc(COC)c2)S1. The molecule has 1 aliphatic rings. The van der Waals surface area contributed by atoms with Gasteiger partial charge in [-0.05, 0) is 24.1 Å². The third-order valence-corrected chi connectivity index (χ3v) is 3.99. The van der Waals surface area contributed by atoms with Crippen LogP contribution in [0.15, 0.2) is 29.3 Å². The van der Waals surface area contributed by atoms with Crippen LogP contribution >= 0.6 is 11.8 Å². The first-order valence-corrected chi connectivity index (χ1v) is 7.25. The number of rotatable bonds is 5. The van der Waals surface area contributed by atoms with Crippen LogP contribution in [0.25, 0.3) is 0 Å². The van der Waals surface area contributed by atoms with Gasteiger partial charge in [-0.3, -0.25) is 4.99 Å². The molecule has 18 heavy (non-hydrogen) atoms. The average Bonchev–Trinajstić information content (AvgIpc) is 2.78. The van der Waals surface area contributed by atoms with E-state index in [4.69, 9.17) is 4.74 Å². The van der Waals surface area contributed by atoms with Crippen LogP contribution in [0, 0.1) is 0 Å². The highest BCUT2D eigenvalue weighted by Gasteiger charge is 2.18. The summed E-state index contributed by atoms with van der Waals surface area (Å²) in [6, 6.07) is 8.29. The van der Waals surface area contributed by atoms with E-state index in [0.717, 1.165) is 17.4 Å². The summed E-state index contributed by atoms with van der Waals surface area (Å²) >= 11 is 1.86. The quantitative estimate of drug-likeness (QED) is 0.883. The number of nitrogens with zero attached hydrogens (tertiary/aromatic N) is 1. The first kappa shape index (κ1) is 13.4. The van der Waals surface area contributed by atoms with Crippen LogP contribution in [-0.2, 0) is 11.3 Å². The molecule has 1 atom stereocenters. The van der Waals surface area contributed by atoms with Gasteiger partial charge in [-0.25, -0.2) is 0 Å². The number of aliphatic imine (C=N–C) groups is 1. The molecule has 0 saturated heterocycles. The second-order valence-corrected chi connectivity index (χ2v) is 5.72. The van der Waals surface area contributed by atoms with E-state index in [1.54, 1.807) is 7.11 Å². The van der Waals surface area contributed by atoms with Crippen molar-refractivity contribution in [1.29, 1.82) is 0 Å². The van der Waals surface area contributed by atoms with E-state index in [2.05, 4.69) is 35.4 Å². The van der Waals surface area contributed by atoms with Gasteiger partial charge >= 0.3 is 0 Å². The maximum Gasteiger partial charge on any atom is 0.161 e. The molecule has 0 bridgehead atoms. The van der Waals surface area contributed by atoms with Crippen LogP contribution < -0.4 is 5.32 Å². The molecule has 0 amide bonds. The lowest BCUT2D eigenvalue weighted by Crippen LogP contribution is -2.07. The monoisotopic (exact) mass is 264 g/mol. The third kappa shape index (κ3) is 3.75. The summed E-state index contributed by atoms with van der Waals surface area (Å²) in [5, 5.41) is 5.08. The summed E-state index contributed by atoms with van der Waals surface area (Å²) in [6.07, 6.45) is 2.47. The van der Waals surface area contributed by atoms with Crippen molar-refractivity contribution >= 4 is 22.6 Å². The van der Waals surface area contributed by atoms with Gasteiger partial charge in [0.25, 0.3) is 0 Å². The fourth-order valence-corrected chi connectivity index (χ4v) is 3.13. The molecule has 98 valence electrons. The van der Waals surface area contributed by atoms with E-state index in [9.17, 15) is 0 Å². The highest BCUT2D eigenvalue weighted by Crippen LogP contribution is 2.26. The summed E-state index contributed by atoms with van der Waals surface area (Å²) in [7, 11) is 1.71. The maximum absolute atomic E-state index is 5.14. The lowest BCUT2D eigenvalue weighted by atomic mass is 10.2. The molecule has 0 radical (unpaired) electrons. The molecule has 0 aromatic heterocycles. The minimum absolute atomic E-state index is 0.646. The summed E-state index contributed by atoms with van der Waals surface area (Å²) in [5.74, 6) is 0. The maximum atomic E-state index is 5.14. The van der Waals surface area contributed by atoms with Gasteiger partial charge in [0.15, 0.2) is 5.17 Å². The largest absolute Gasteiger partial charge is 0.380 e. The van der Waals surface area contributed by atoms with Crippen LogP contribution in [-0.4, -0.2) is 24.1 Å². The number of hydrogen-bond acceptors (Lipinski definition) is 4. The molecule has 1 unspecified atom stereocenters. The number of thioether (sulfide) groups is 1. The summed E-state index contributed by atoms with van der Waals surface area (Å²) in [5.41, 5.74) is 2.27. The molecule has 3 nitrogen and oxygen atoms in total. The predicted octanol–water partition coefficient (Wildman–Crippen LogP) is 3.52. The van der Waals surface area contributed by atoms with Crippen molar-refractivity contribution < 1.29 is 4.74 Å². The first-order valence-electron chi connectivity index (χ1n) is 6.38. The zero-order chi connectivity index (χ0) is 12.8. The van der Waals surface area contributed by atoms with Crippen molar-refractivity contribution in [3.05, 3.63) is 29.8 Å². The Morgan fingerprint density at radius 2 is 2.39 bits per heavy atom. The topological polar surface area (TPSA) is 33.6 Å². The second kappa shape index (κ2) is 6.81. The van der Waals surface area contributed by atoms with Crippen LogP contribution in [0.2, 0.25) is 0 Å². The van der Waals surface area contributed by atoms with Gasteiger partial charge in [-0.2, -0.15) is 0 Å². The number of nitrogens with one attached hydrogen (secondary N) is 1. The minimum atomic E-state index is 0.646. The highest BCUT2D eigenvalue weighted by atomic mass is 32.2. The van der Waals surface area contributed by atoms with Gasteiger partial charge in [0.1, 0.15) is 0 Å². The van der Waals surface area contributed by atoms with Crippen molar-refractivity contribution in [3.8, 4) is 0 Å². The van der Waals surface area contributed by atoms with Gasteiger partial charge < -0.3 is 10.1 Å². The van der Waals surface area contributed by atoms with Crippen molar-refractivity contribution in [2.75, 3.05) is 19.0 Å². The molecular formula is C14H20N2OS. The standard InChI is InChI=1S/C14H20N2OS/c1-3-5-13-9-15-14(18-13)16-12-7-4-6-11(8-12)10-17-2/h4,6-8,13H,3,5,9-10H2,1-2H3,(H,15,16). The first-order chi connectivity index (χ1) is 8.81. The Kier molecular flexibility index (Phi) is 5.08. The van der Waals surface area contributed by atoms with Crippen molar-refractivity contribution in [2.24, 2.45) is 4.99 Å². The summed E-state index contributed by atoms with van der Waals surface area (Å²) < 4.78 is 5.14. The normalized spacial score (nSPS) is 18.8. The number of benzene rings is 1. The Bertz CT molecular complexity index is 420. The van der Waals surface area contributed by atoms with Crippen LogP contribution in [0.4, 0.5) is 5.69 Å². The number of hydrogen-bond donors (Lipinski definition) is 1. The van der Waals surface area contributed by atoms with E-state index < -0.39 is 0 Å². The molecule has 1 N–H and O–H groups in total. The molecule has 4 heteroatoms. The smallest absolute Gasteiger partial charge is 0.161 e. The van der Waals surface area contributed by atoms with Gasteiger partial charge in [-0.1, -0.05) is 37.2 Å². The van der Waals surface area contributed by atoms with E-state index in [-0.39, 0.29) is 0 Å². The molecule has 1 heterocycles. The Labute approximate surface area is 113 Å². The van der Waals surface area contributed by atoms with E-state index in [1.807, 2.05) is 17.8 Å². The summed E-state index contributed by atoms with van der Waals surface area (Å²) in [6.45, 7) is 3.81. The fourth-order valence-electron chi connectivity index (χ4n) is 1.99. The van der Waals surface area contributed by atoms with Gasteiger partial charge in [0.05, 0.1) is 13.2 Å². The van der Waals surface area contributed by atoms with Crippen molar-refractivity contribution in [1.82, 2.24) is 0 Å². The lowest BCUT2D eigenvalue weighted by molar-refractivity contribution is 0.185. The number of methoxy groups -OCH3 is 1. The van der Waals surface area contributed by atoms with Gasteiger partial charge in [0, 0.05) is 18.0 Å². The lowest BCUT2D eigenvalue weighted by Gasteiger charge is -2.09. The van der Waals surface area contributed by atoms with Crippen molar-refractivity contribution in [2.45, 2.75) is 31.6 Å². The molecule has 0 saturated carbocycles. The number of anilines is 1. The Morgan fingerprint density at radius 3 is 3.17 bits per heavy atom. The van der Waals surface area contributed by atoms with E-state index in [1.165, 1.54) is 18.4 Å². The van der Waals surface area contributed by atoms with E-state index in [0.29, 0.717) is 11.9 Å². The second-order valence-electron chi connectivity index (χ2n) is 4.43. The van der Waals surface area contributed by atoms with Gasteiger partial charge in [-0.15, -0.1) is 0 Å². The molecule has 1 aromatic carbocycles. The fraction of sp³-hybridized carbons (Fsp3) is 0.500. The van der Waals surface area contributed by atoms with Crippen LogP contribution in [0.3, 0.4) is 0 Å². The molecule has 1 aliphatic heterocycles. The van der Waals surface area contributed by atoms with Crippen molar-refractivity contribution in [3.63, 3.8) is 0 Å². The Balaban J connectivity index is 1.92. The minimum Gasteiger partial charge on any atom is -0.380 e. The predicted molar refractivity (Wildman–Crippen MR) is 79.4 cm³/mol. The van der Waals surface area contributed by atoms with Gasteiger partial charge in [0.2, 0.25) is 0 Å². The number of amidine groups is 1. The zero-order valence-corrected chi connectivity index (χ0v) is 11.8. The highest BCUT2D eigenvalue weighted by molar-refractivity contribution is 8.15. The number of ether oxygens (including phenoxy) is 1. The molecule has 0 aliphatic carbocycles. The molecular weight excluding hydrogens is 244 g/mol. The molecule has 0 spiro atoms. The zero-order valence-electron chi connectivity index (χ0n) is 11.0. The molecule has 1 aromatic rings. The van der Waals surface area contributed by atoms with Crippen LogP contribution in [0.5, 0.6) is 0 Å². The third-order valence-electron chi connectivity index (χ3n) is 2.82. The summed E-state index contributed by atoms with van der Waals surface area (Å²) in [4.78, 5) is 4.54. The molecule has 2 rings (SSSR count). The molecule has 0 fully saturated rings. The Morgan fingerprint density at radius 1 is 1.50 bits per heavy atom.